The van der Waals surface area contributed by atoms with E-state index in [1.54, 1.807) is 24.3 Å². The summed E-state index contributed by atoms with van der Waals surface area (Å²) in [5, 5.41) is 0.387. The standard InChI is InChI=1S/C22H16FN3O2/c1-14-6-8-15(9-7-14)20-24-19-5-3-2-4-18(19)22(28)26(20)25-21(27)16-10-12-17(23)13-11-16/h2-13H,1H3,(H,25,27). The summed E-state index contributed by atoms with van der Waals surface area (Å²) in [6.45, 7) is 1.96. The van der Waals surface area contributed by atoms with Gasteiger partial charge in [-0.25, -0.2) is 9.37 Å². The Kier molecular flexibility index (Phi) is 4.45. The second kappa shape index (κ2) is 7.08. The van der Waals surface area contributed by atoms with E-state index in [-0.39, 0.29) is 5.56 Å². The summed E-state index contributed by atoms with van der Waals surface area (Å²) in [5.74, 6) is -0.659. The topological polar surface area (TPSA) is 64.0 Å². The van der Waals surface area contributed by atoms with Crippen molar-refractivity contribution >= 4 is 16.8 Å². The van der Waals surface area contributed by atoms with Gasteiger partial charge in [-0.3, -0.25) is 15.0 Å². The van der Waals surface area contributed by atoms with Crippen LogP contribution in [0.5, 0.6) is 0 Å². The molecule has 1 aromatic heterocycles. The number of amides is 1. The molecule has 0 aliphatic heterocycles. The molecule has 1 heterocycles. The minimum atomic E-state index is -0.535. The van der Waals surface area contributed by atoms with Gasteiger partial charge in [-0.05, 0) is 43.3 Å². The van der Waals surface area contributed by atoms with Crippen molar-refractivity contribution in [1.82, 2.24) is 9.66 Å². The SMILES string of the molecule is Cc1ccc(-c2nc3ccccc3c(=O)n2NC(=O)c2ccc(F)cc2)cc1. The van der Waals surface area contributed by atoms with Gasteiger partial charge in [0.15, 0.2) is 5.82 Å². The zero-order valence-electron chi connectivity index (χ0n) is 15.0. The summed E-state index contributed by atoms with van der Waals surface area (Å²) >= 11 is 0. The predicted octanol–water partition coefficient (Wildman–Crippen LogP) is 3.89. The second-order valence-corrected chi connectivity index (χ2v) is 6.41. The first kappa shape index (κ1) is 17.6. The summed E-state index contributed by atoms with van der Waals surface area (Å²) in [6, 6.07) is 19.5. The van der Waals surface area contributed by atoms with Gasteiger partial charge >= 0.3 is 0 Å². The molecule has 0 bridgehead atoms. The maximum atomic E-state index is 13.1. The van der Waals surface area contributed by atoms with E-state index in [9.17, 15) is 14.0 Å². The van der Waals surface area contributed by atoms with Crippen LogP contribution >= 0.6 is 0 Å². The summed E-state index contributed by atoms with van der Waals surface area (Å²) < 4.78 is 14.3. The number of hydrogen-bond donors (Lipinski definition) is 1. The monoisotopic (exact) mass is 373 g/mol. The van der Waals surface area contributed by atoms with Gasteiger partial charge in [-0.1, -0.05) is 42.0 Å². The van der Waals surface area contributed by atoms with Crippen molar-refractivity contribution < 1.29 is 9.18 Å². The highest BCUT2D eigenvalue weighted by atomic mass is 19.1. The van der Waals surface area contributed by atoms with Crippen molar-refractivity contribution in [3.8, 4) is 11.4 Å². The molecule has 3 aromatic carbocycles. The molecule has 4 rings (SSSR count). The van der Waals surface area contributed by atoms with Crippen molar-refractivity contribution in [2.45, 2.75) is 6.92 Å². The van der Waals surface area contributed by atoms with E-state index in [0.717, 1.165) is 10.2 Å². The molecule has 0 unspecified atom stereocenters. The molecule has 0 saturated heterocycles. The molecule has 0 aliphatic rings. The van der Waals surface area contributed by atoms with Gasteiger partial charge < -0.3 is 0 Å². The number of carbonyl (C=O) groups is 1. The molecule has 6 heteroatoms. The maximum Gasteiger partial charge on any atom is 0.280 e. The highest BCUT2D eigenvalue weighted by Crippen LogP contribution is 2.19. The van der Waals surface area contributed by atoms with Crippen LogP contribution < -0.4 is 11.0 Å². The Labute approximate surface area is 160 Å². The fourth-order valence-corrected chi connectivity index (χ4v) is 2.90. The lowest BCUT2D eigenvalue weighted by atomic mass is 10.1. The number of hydrogen-bond acceptors (Lipinski definition) is 3. The first-order valence-corrected chi connectivity index (χ1v) is 8.69. The quantitative estimate of drug-likeness (QED) is 0.592. The molecular weight excluding hydrogens is 357 g/mol. The van der Waals surface area contributed by atoms with Crippen molar-refractivity contribution in [3.05, 3.63) is 100 Å². The lowest BCUT2D eigenvalue weighted by Crippen LogP contribution is -2.35. The first-order chi connectivity index (χ1) is 13.5. The largest absolute Gasteiger partial charge is 0.280 e. The predicted molar refractivity (Wildman–Crippen MR) is 106 cm³/mol. The van der Waals surface area contributed by atoms with Crippen molar-refractivity contribution in [2.24, 2.45) is 0 Å². The average molecular weight is 373 g/mol. The van der Waals surface area contributed by atoms with Crippen LogP contribution in [0.4, 0.5) is 4.39 Å². The van der Waals surface area contributed by atoms with Crippen LogP contribution in [0, 0.1) is 12.7 Å². The molecule has 1 amide bonds. The van der Waals surface area contributed by atoms with Gasteiger partial charge in [-0.15, -0.1) is 0 Å². The summed E-state index contributed by atoms with van der Waals surface area (Å²) in [7, 11) is 0. The molecule has 0 spiro atoms. The molecule has 0 saturated carbocycles. The van der Waals surface area contributed by atoms with E-state index in [2.05, 4.69) is 10.4 Å². The first-order valence-electron chi connectivity index (χ1n) is 8.69. The van der Waals surface area contributed by atoms with Gasteiger partial charge in [0, 0.05) is 11.1 Å². The van der Waals surface area contributed by atoms with Crippen LogP contribution in [0.15, 0.2) is 77.6 Å². The number of halogens is 1. The van der Waals surface area contributed by atoms with E-state index in [1.807, 2.05) is 31.2 Å². The lowest BCUT2D eigenvalue weighted by Gasteiger charge is -2.15. The number of carbonyl (C=O) groups excluding carboxylic acids is 1. The fraction of sp³-hybridized carbons (Fsp3) is 0.0455. The molecule has 4 aromatic rings. The Balaban J connectivity index is 1.87. The van der Waals surface area contributed by atoms with Gasteiger partial charge in [0.1, 0.15) is 5.82 Å². The maximum absolute atomic E-state index is 13.1. The van der Waals surface area contributed by atoms with E-state index in [4.69, 9.17) is 0 Å². The van der Waals surface area contributed by atoms with Crippen LogP contribution in [-0.4, -0.2) is 15.6 Å². The molecule has 0 radical (unpaired) electrons. The van der Waals surface area contributed by atoms with Gasteiger partial charge in [0.25, 0.3) is 11.5 Å². The number of rotatable bonds is 3. The smallest absolute Gasteiger partial charge is 0.267 e. The van der Waals surface area contributed by atoms with Crippen LogP contribution in [0.2, 0.25) is 0 Å². The van der Waals surface area contributed by atoms with Crippen LogP contribution in [-0.2, 0) is 0 Å². The number of para-hydroxylation sites is 1. The zero-order chi connectivity index (χ0) is 19.7. The molecule has 138 valence electrons. The van der Waals surface area contributed by atoms with E-state index >= 15 is 0 Å². The molecule has 1 N–H and O–H groups in total. The summed E-state index contributed by atoms with van der Waals surface area (Å²) in [4.78, 5) is 30.3. The molecule has 0 fully saturated rings. The second-order valence-electron chi connectivity index (χ2n) is 6.41. The third-order valence-electron chi connectivity index (χ3n) is 4.41. The van der Waals surface area contributed by atoms with Crippen LogP contribution in [0.25, 0.3) is 22.3 Å². The number of nitrogens with one attached hydrogen (secondary N) is 1. The van der Waals surface area contributed by atoms with E-state index in [0.29, 0.717) is 22.3 Å². The molecule has 28 heavy (non-hydrogen) atoms. The summed E-state index contributed by atoms with van der Waals surface area (Å²) in [5.41, 5.74) is 4.73. The molecule has 0 aliphatic carbocycles. The Morgan fingerprint density at radius 3 is 2.36 bits per heavy atom. The number of benzene rings is 3. The Morgan fingerprint density at radius 1 is 0.964 bits per heavy atom. The zero-order valence-corrected chi connectivity index (χ0v) is 15.0. The average Bonchev–Trinajstić information content (AvgIpc) is 2.71. The molecular formula is C22H16FN3O2. The number of nitrogens with zero attached hydrogens (tertiary/aromatic N) is 2. The van der Waals surface area contributed by atoms with E-state index in [1.165, 1.54) is 24.3 Å². The number of aromatic nitrogens is 2. The van der Waals surface area contributed by atoms with Crippen molar-refractivity contribution in [1.29, 1.82) is 0 Å². The van der Waals surface area contributed by atoms with Gasteiger partial charge in [-0.2, -0.15) is 4.68 Å². The molecule has 5 nitrogen and oxygen atoms in total. The molecule has 0 atom stereocenters. The Bertz CT molecular complexity index is 1230. The highest BCUT2D eigenvalue weighted by molar-refractivity contribution is 6.00. The fourth-order valence-electron chi connectivity index (χ4n) is 2.90. The Hall–Kier alpha value is -3.80. The Morgan fingerprint density at radius 2 is 1.64 bits per heavy atom. The van der Waals surface area contributed by atoms with Crippen LogP contribution in [0.3, 0.4) is 0 Å². The minimum Gasteiger partial charge on any atom is -0.267 e. The van der Waals surface area contributed by atoms with Gasteiger partial charge in [0.2, 0.25) is 0 Å². The van der Waals surface area contributed by atoms with Crippen LogP contribution in [0.1, 0.15) is 15.9 Å². The highest BCUT2D eigenvalue weighted by Gasteiger charge is 2.16. The third-order valence-corrected chi connectivity index (χ3v) is 4.41. The van der Waals surface area contributed by atoms with Gasteiger partial charge in [0.05, 0.1) is 10.9 Å². The lowest BCUT2D eigenvalue weighted by molar-refractivity contribution is 0.101. The minimum absolute atomic E-state index is 0.233. The third kappa shape index (κ3) is 3.27. The number of fused-ring (bicyclic) bond motifs is 1. The number of aryl methyl sites for hydroxylation is 1. The van der Waals surface area contributed by atoms with Crippen molar-refractivity contribution in [3.63, 3.8) is 0 Å². The summed E-state index contributed by atoms with van der Waals surface area (Å²) in [6.07, 6.45) is 0. The van der Waals surface area contributed by atoms with Crippen molar-refractivity contribution in [2.75, 3.05) is 5.43 Å². The van der Waals surface area contributed by atoms with E-state index < -0.39 is 17.3 Å². The normalized spacial score (nSPS) is 10.8.